The third kappa shape index (κ3) is 5.05. The number of carbonyl (C=O) groups excluding carboxylic acids is 1. The van der Waals surface area contributed by atoms with Crippen molar-refractivity contribution < 1.29 is 27.4 Å². The van der Waals surface area contributed by atoms with Gasteiger partial charge in [0.05, 0.1) is 13.2 Å². The molecule has 0 bridgehead atoms. The Hall–Kier alpha value is -3.06. The molecule has 1 unspecified atom stereocenters. The minimum Gasteiger partial charge on any atom is -0.477 e. The van der Waals surface area contributed by atoms with Crippen LogP contribution in [-0.2, 0) is 10.9 Å². The van der Waals surface area contributed by atoms with Crippen LogP contribution in [0.5, 0.6) is 5.88 Å². The lowest BCUT2D eigenvalue weighted by atomic mass is 10.1. The van der Waals surface area contributed by atoms with Crippen LogP contribution in [0, 0.1) is 5.92 Å². The molecule has 3 aromatic rings. The van der Waals surface area contributed by atoms with Crippen LogP contribution in [0.4, 0.5) is 23.1 Å². The zero-order chi connectivity index (χ0) is 22.7. The average Bonchev–Trinajstić information content (AvgIpc) is 3.40. The standard InChI is InChI=1S/C19H19F3N6O3S/c1-2-23-17(29)28-18-26-13-5-12(11-6-24-16(25-7-11)19(20,21)22)14(27-15(13)32-18)31-9-10-3-4-30-8-10/h5-7,10H,2-4,8-9H2,1H3,(H2,23,26,28,29). The van der Waals surface area contributed by atoms with Crippen molar-refractivity contribution in [1.82, 2.24) is 25.3 Å². The van der Waals surface area contributed by atoms with E-state index in [4.69, 9.17) is 9.47 Å². The van der Waals surface area contributed by atoms with Crippen molar-refractivity contribution in [2.24, 2.45) is 5.92 Å². The summed E-state index contributed by atoms with van der Waals surface area (Å²) in [5.41, 5.74) is 1.16. The summed E-state index contributed by atoms with van der Waals surface area (Å²) in [5.74, 6) is -0.815. The molecule has 4 heterocycles. The molecule has 4 rings (SSSR count). The first-order chi connectivity index (χ1) is 15.3. The molecule has 2 amide bonds. The summed E-state index contributed by atoms with van der Waals surface area (Å²) < 4.78 is 49.8. The van der Waals surface area contributed by atoms with E-state index in [-0.39, 0.29) is 11.8 Å². The number of rotatable bonds is 6. The Morgan fingerprint density at radius 1 is 1.31 bits per heavy atom. The van der Waals surface area contributed by atoms with Crippen molar-refractivity contribution in [3.63, 3.8) is 0 Å². The molecular weight excluding hydrogens is 449 g/mol. The number of amides is 2. The number of aromatic nitrogens is 4. The van der Waals surface area contributed by atoms with Gasteiger partial charge in [0, 0.05) is 42.6 Å². The Labute approximate surface area is 184 Å². The minimum absolute atomic E-state index is 0.195. The second kappa shape index (κ2) is 9.20. The van der Waals surface area contributed by atoms with Crippen LogP contribution in [0.2, 0.25) is 0 Å². The number of halogens is 3. The van der Waals surface area contributed by atoms with Gasteiger partial charge in [-0.25, -0.2) is 24.7 Å². The number of anilines is 1. The molecule has 2 N–H and O–H groups in total. The van der Waals surface area contributed by atoms with Crippen LogP contribution in [0.25, 0.3) is 21.5 Å². The summed E-state index contributed by atoms with van der Waals surface area (Å²) in [4.78, 5) is 28.0. The topological polar surface area (TPSA) is 111 Å². The largest absolute Gasteiger partial charge is 0.477 e. The highest BCUT2D eigenvalue weighted by Crippen LogP contribution is 2.35. The Kier molecular flexibility index (Phi) is 6.37. The van der Waals surface area contributed by atoms with Crippen LogP contribution >= 0.6 is 11.3 Å². The molecular formula is C19H19F3N6O3S. The molecule has 1 aliphatic rings. The predicted molar refractivity (Wildman–Crippen MR) is 111 cm³/mol. The lowest BCUT2D eigenvalue weighted by molar-refractivity contribution is -0.144. The summed E-state index contributed by atoms with van der Waals surface area (Å²) in [6, 6.07) is 1.23. The zero-order valence-corrected chi connectivity index (χ0v) is 17.7. The summed E-state index contributed by atoms with van der Waals surface area (Å²) in [7, 11) is 0. The molecule has 1 fully saturated rings. The van der Waals surface area contributed by atoms with Crippen LogP contribution in [-0.4, -0.2) is 52.3 Å². The van der Waals surface area contributed by atoms with Gasteiger partial charge < -0.3 is 14.8 Å². The summed E-state index contributed by atoms with van der Waals surface area (Å²) >= 11 is 1.15. The Morgan fingerprint density at radius 3 is 2.75 bits per heavy atom. The SMILES string of the molecule is CCNC(=O)Nc1nc2cc(-c3cnc(C(F)(F)F)nc3)c(OCC3CCOC3)nc2s1. The predicted octanol–water partition coefficient (Wildman–Crippen LogP) is 3.72. The molecule has 13 heteroatoms. The number of ether oxygens (including phenoxy) is 2. The lowest BCUT2D eigenvalue weighted by Crippen LogP contribution is -2.28. The zero-order valence-electron chi connectivity index (χ0n) is 16.9. The fourth-order valence-electron chi connectivity index (χ4n) is 3.05. The van der Waals surface area contributed by atoms with Gasteiger partial charge in [0.15, 0.2) is 5.13 Å². The number of carbonyl (C=O) groups is 1. The Balaban J connectivity index is 1.68. The second-order valence-corrected chi connectivity index (χ2v) is 7.98. The van der Waals surface area contributed by atoms with Crippen LogP contribution < -0.4 is 15.4 Å². The minimum atomic E-state index is -4.64. The van der Waals surface area contributed by atoms with E-state index in [1.54, 1.807) is 13.0 Å². The van der Waals surface area contributed by atoms with Crippen LogP contribution in [0.1, 0.15) is 19.2 Å². The van der Waals surface area contributed by atoms with Gasteiger partial charge in [-0.2, -0.15) is 13.2 Å². The summed E-state index contributed by atoms with van der Waals surface area (Å²) in [6.45, 7) is 3.81. The lowest BCUT2D eigenvalue weighted by Gasteiger charge is -2.13. The second-order valence-electron chi connectivity index (χ2n) is 7.00. The number of alkyl halides is 3. The fourth-order valence-corrected chi connectivity index (χ4v) is 3.85. The molecule has 9 nitrogen and oxygen atoms in total. The van der Waals surface area contributed by atoms with Crippen molar-refractivity contribution in [3.8, 4) is 17.0 Å². The van der Waals surface area contributed by atoms with E-state index in [1.807, 2.05) is 0 Å². The average molecular weight is 468 g/mol. The van der Waals surface area contributed by atoms with Crippen molar-refractivity contribution in [2.75, 3.05) is 31.7 Å². The van der Waals surface area contributed by atoms with Crippen LogP contribution in [0.15, 0.2) is 18.5 Å². The number of nitrogens with zero attached hydrogens (tertiary/aromatic N) is 4. The molecule has 0 radical (unpaired) electrons. The van der Waals surface area contributed by atoms with Gasteiger partial charge in [-0.05, 0) is 19.4 Å². The van der Waals surface area contributed by atoms with Gasteiger partial charge in [-0.1, -0.05) is 11.3 Å². The number of fused-ring (bicyclic) bond motifs is 1. The van der Waals surface area contributed by atoms with Crippen molar-refractivity contribution in [3.05, 3.63) is 24.3 Å². The third-order valence-electron chi connectivity index (χ3n) is 4.60. The number of urea groups is 1. The first-order valence-corrected chi connectivity index (χ1v) is 10.6. The maximum Gasteiger partial charge on any atom is 0.451 e. The molecule has 0 spiro atoms. The molecule has 1 atom stereocenters. The van der Waals surface area contributed by atoms with Crippen molar-refractivity contribution in [2.45, 2.75) is 19.5 Å². The number of hydrogen-bond donors (Lipinski definition) is 2. The van der Waals surface area contributed by atoms with E-state index in [0.29, 0.717) is 53.0 Å². The molecule has 1 saturated heterocycles. The van der Waals surface area contributed by atoms with E-state index < -0.39 is 18.0 Å². The molecule has 32 heavy (non-hydrogen) atoms. The molecule has 1 aliphatic heterocycles. The Morgan fingerprint density at radius 2 is 2.09 bits per heavy atom. The van der Waals surface area contributed by atoms with E-state index in [2.05, 4.69) is 30.6 Å². The molecule has 0 aliphatic carbocycles. The first kappa shape index (κ1) is 22.1. The van der Waals surface area contributed by atoms with E-state index >= 15 is 0 Å². The van der Waals surface area contributed by atoms with E-state index in [0.717, 1.165) is 30.2 Å². The van der Waals surface area contributed by atoms with Gasteiger partial charge >= 0.3 is 12.2 Å². The van der Waals surface area contributed by atoms with Gasteiger partial charge in [-0.15, -0.1) is 0 Å². The highest BCUT2D eigenvalue weighted by Gasteiger charge is 2.34. The third-order valence-corrected chi connectivity index (χ3v) is 5.48. The van der Waals surface area contributed by atoms with Gasteiger partial charge in [0.25, 0.3) is 0 Å². The fraction of sp³-hybridized carbons (Fsp3) is 0.421. The Bertz CT molecular complexity index is 1100. The number of nitrogens with one attached hydrogen (secondary N) is 2. The highest BCUT2D eigenvalue weighted by molar-refractivity contribution is 7.22. The maximum atomic E-state index is 12.8. The van der Waals surface area contributed by atoms with Crippen molar-refractivity contribution >= 4 is 32.8 Å². The molecule has 3 aromatic heterocycles. The van der Waals surface area contributed by atoms with E-state index in [9.17, 15) is 18.0 Å². The number of hydrogen-bond acceptors (Lipinski definition) is 8. The molecule has 0 saturated carbocycles. The normalized spacial score (nSPS) is 16.3. The number of thiazole rings is 1. The van der Waals surface area contributed by atoms with Gasteiger partial charge in [0.1, 0.15) is 10.3 Å². The van der Waals surface area contributed by atoms with E-state index in [1.165, 1.54) is 0 Å². The van der Waals surface area contributed by atoms with Gasteiger partial charge in [0.2, 0.25) is 11.7 Å². The maximum absolute atomic E-state index is 12.8. The molecule has 0 aromatic carbocycles. The quantitative estimate of drug-likeness (QED) is 0.567. The van der Waals surface area contributed by atoms with Crippen molar-refractivity contribution in [1.29, 1.82) is 0 Å². The van der Waals surface area contributed by atoms with Crippen LogP contribution in [0.3, 0.4) is 0 Å². The first-order valence-electron chi connectivity index (χ1n) is 9.80. The smallest absolute Gasteiger partial charge is 0.451 e. The monoisotopic (exact) mass is 468 g/mol. The number of pyridine rings is 1. The molecule has 170 valence electrons. The highest BCUT2D eigenvalue weighted by atomic mass is 32.1. The summed E-state index contributed by atoms with van der Waals surface area (Å²) in [6.07, 6.45) is -1.64. The van der Waals surface area contributed by atoms with Gasteiger partial charge in [-0.3, -0.25) is 5.32 Å². The summed E-state index contributed by atoms with van der Waals surface area (Å²) in [5, 5.41) is 5.56.